The number of hydrogen-bond acceptors (Lipinski definition) is 5. The molecule has 22 heavy (non-hydrogen) atoms. The van der Waals surface area contributed by atoms with Crippen molar-refractivity contribution in [1.29, 1.82) is 0 Å². The van der Waals surface area contributed by atoms with Crippen LogP contribution >= 0.6 is 11.6 Å². The maximum atomic E-state index is 12.0. The number of carbonyl (C=O) groups is 2. The van der Waals surface area contributed by atoms with Crippen molar-refractivity contribution in [1.82, 2.24) is 5.32 Å². The van der Waals surface area contributed by atoms with Crippen LogP contribution in [0.4, 0.5) is 0 Å². The first-order valence-electron chi connectivity index (χ1n) is 6.40. The highest BCUT2D eigenvalue weighted by molar-refractivity contribution is 6.31. The van der Waals surface area contributed by atoms with Gasteiger partial charge in [-0.25, -0.2) is 4.79 Å². The van der Waals surface area contributed by atoms with Gasteiger partial charge in [0.1, 0.15) is 17.1 Å². The smallest absolute Gasteiger partial charge is 0.342 e. The molecule has 7 heteroatoms. The van der Waals surface area contributed by atoms with Crippen LogP contribution in [-0.2, 0) is 16.1 Å². The third-order valence-corrected chi connectivity index (χ3v) is 2.99. The summed E-state index contributed by atoms with van der Waals surface area (Å²) in [6.07, 6.45) is 1.51. The molecule has 1 aromatic heterocycles. The molecule has 0 aliphatic carbocycles. The number of amides is 1. The Balaban J connectivity index is 1.87. The number of methoxy groups -OCH3 is 1. The molecule has 2 rings (SSSR count). The molecule has 116 valence electrons. The number of ether oxygens (including phenoxy) is 2. The molecule has 0 radical (unpaired) electrons. The van der Waals surface area contributed by atoms with E-state index in [9.17, 15) is 9.59 Å². The lowest BCUT2D eigenvalue weighted by molar-refractivity contribution is -0.124. The summed E-state index contributed by atoms with van der Waals surface area (Å²) in [7, 11) is 1.43. The SMILES string of the molecule is COc1ccc(Cl)cc1C(=O)OCC(=O)NCc1ccco1. The minimum absolute atomic E-state index is 0.161. The van der Waals surface area contributed by atoms with Crippen LogP contribution in [0.5, 0.6) is 5.75 Å². The van der Waals surface area contributed by atoms with Gasteiger partial charge in [-0.3, -0.25) is 4.79 Å². The van der Waals surface area contributed by atoms with E-state index < -0.39 is 18.5 Å². The molecule has 0 saturated carbocycles. The molecule has 1 heterocycles. The Morgan fingerprint density at radius 2 is 2.14 bits per heavy atom. The summed E-state index contributed by atoms with van der Waals surface area (Å²) in [4.78, 5) is 23.6. The van der Waals surface area contributed by atoms with Crippen LogP contribution in [0.15, 0.2) is 41.0 Å². The van der Waals surface area contributed by atoms with Gasteiger partial charge >= 0.3 is 5.97 Å². The summed E-state index contributed by atoms with van der Waals surface area (Å²) >= 11 is 5.83. The van der Waals surface area contributed by atoms with Gasteiger partial charge in [-0.15, -0.1) is 0 Å². The van der Waals surface area contributed by atoms with E-state index in [2.05, 4.69) is 5.32 Å². The fourth-order valence-corrected chi connectivity index (χ4v) is 1.87. The van der Waals surface area contributed by atoms with Crippen LogP contribution in [-0.4, -0.2) is 25.6 Å². The number of esters is 1. The van der Waals surface area contributed by atoms with Crippen molar-refractivity contribution in [2.45, 2.75) is 6.54 Å². The highest BCUT2D eigenvalue weighted by Gasteiger charge is 2.16. The van der Waals surface area contributed by atoms with Gasteiger partial charge in [-0.05, 0) is 30.3 Å². The first-order chi connectivity index (χ1) is 10.6. The van der Waals surface area contributed by atoms with E-state index >= 15 is 0 Å². The Kier molecular flexibility index (Phi) is 5.43. The van der Waals surface area contributed by atoms with Gasteiger partial charge in [0, 0.05) is 5.02 Å². The standard InChI is InChI=1S/C15H14ClNO5/c1-20-13-5-4-10(16)7-12(13)15(19)22-9-14(18)17-8-11-3-2-6-21-11/h2-7H,8-9H2,1H3,(H,17,18). The Morgan fingerprint density at radius 1 is 1.32 bits per heavy atom. The Morgan fingerprint density at radius 3 is 2.82 bits per heavy atom. The molecule has 2 aromatic rings. The van der Waals surface area contributed by atoms with E-state index in [0.29, 0.717) is 16.5 Å². The number of rotatable bonds is 6. The highest BCUT2D eigenvalue weighted by Crippen LogP contribution is 2.23. The molecule has 0 spiro atoms. The maximum absolute atomic E-state index is 12.0. The van der Waals surface area contributed by atoms with E-state index in [1.165, 1.54) is 19.4 Å². The Bertz CT molecular complexity index is 654. The minimum atomic E-state index is -0.688. The number of furan rings is 1. The van der Waals surface area contributed by atoms with E-state index in [4.69, 9.17) is 25.5 Å². The van der Waals surface area contributed by atoms with Crippen molar-refractivity contribution >= 4 is 23.5 Å². The average Bonchev–Trinajstić information content (AvgIpc) is 3.04. The van der Waals surface area contributed by atoms with Crippen LogP contribution in [0.2, 0.25) is 5.02 Å². The number of halogens is 1. The number of carbonyl (C=O) groups excluding carboxylic acids is 2. The third kappa shape index (κ3) is 4.26. The lowest BCUT2D eigenvalue weighted by Crippen LogP contribution is -2.28. The monoisotopic (exact) mass is 323 g/mol. The Hall–Kier alpha value is -2.47. The summed E-state index contributed by atoms with van der Waals surface area (Å²) in [5.74, 6) is -0.195. The summed E-state index contributed by atoms with van der Waals surface area (Å²) < 4.78 is 15.1. The van der Waals surface area contributed by atoms with Crippen molar-refractivity contribution in [3.63, 3.8) is 0 Å². The van der Waals surface area contributed by atoms with Crippen LogP contribution < -0.4 is 10.1 Å². The maximum Gasteiger partial charge on any atom is 0.342 e. The van der Waals surface area contributed by atoms with Crippen molar-refractivity contribution in [3.8, 4) is 5.75 Å². The zero-order valence-electron chi connectivity index (χ0n) is 11.8. The molecule has 1 aromatic carbocycles. The summed E-state index contributed by atoms with van der Waals surface area (Å²) in [5.41, 5.74) is 0.161. The molecule has 1 amide bonds. The fraction of sp³-hybridized carbons (Fsp3) is 0.200. The molecule has 6 nitrogen and oxygen atoms in total. The van der Waals surface area contributed by atoms with E-state index in [0.717, 1.165) is 0 Å². The van der Waals surface area contributed by atoms with Crippen LogP contribution in [0, 0.1) is 0 Å². The second-order valence-corrected chi connectivity index (χ2v) is 4.71. The second kappa shape index (κ2) is 7.51. The van der Waals surface area contributed by atoms with Crippen molar-refractivity contribution in [2.75, 3.05) is 13.7 Å². The van der Waals surface area contributed by atoms with Crippen LogP contribution in [0.1, 0.15) is 16.1 Å². The van der Waals surface area contributed by atoms with E-state index in [-0.39, 0.29) is 12.1 Å². The molecular weight excluding hydrogens is 310 g/mol. The molecule has 0 unspecified atom stereocenters. The van der Waals surface area contributed by atoms with Crippen LogP contribution in [0.25, 0.3) is 0 Å². The highest BCUT2D eigenvalue weighted by atomic mass is 35.5. The lowest BCUT2D eigenvalue weighted by atomic mass is 10.2. The molecule has 0 atom stereocenters. The quantitative estimate of drug-likeness (QED) is 0.826. The molecule has 0 fully saturated rings. The first-order valence-corrected chi connectivity index (χ1v) is 6.77. The molecule has 0 aliphatic heterocycles. The lowest BCUT2D eigenvalue weighted by Gasteiger charge is -2.09. The van der Waals surface area contributed by atoms with Gasteiger partial charge in [0.25, 0.3) is 5.91 Å². The fourth-order valence-electron chi connectivity index (χ4n) is 1.70. The van der Waals surface area contributed by atoms with Crippen molar-refractivity contribution < 1.29 is 23.5 Å². The minimum Gasteiger partial charge on any atom is -0.496 e. The topological polar surface area (TPSA) is 77.8 Å². The predicted octanol–water partition coefficient (Wildman–Crippen LogP) is 2.41. The summed E-state index contributed by atoms with van der Waals surface area (Å²) in [6.45, 7) is -0.181. The molecule has 0 aliphatic rings. The van der Waals surface area contributed by atoms with Gasteiger partial charge in [0.2, 0.25) is 0 Å². The largest absolute Gasteiger partial charge is 0.496 e. The first kappa shape index (κ1) is 15.9. The molecular formula is C15H14ClNO5. The van der Waals surface area contributed by atoms with Crippen molar-refractivity contribution in [2.24, 2.45) is 0 Å². The second-order valence-electron chi connectivity index (χ2n) is 4.28. The molecule has 1 N–H and O–H groups in total. The van der Waals surface area contributed by atoms with Gasteiger partial charge in [0.05, 0.1) is 19.9 Å². The number of benzene rings is 1. The Labute approximate surface area is 132 Å². The zero-order valence-corrected chi connectivity index (χ0v) is 12.6. The number of hydrogen-bond donors (Lipinski definition) is 1. The summed E-state index contributed by atoms with van der Waals surface area (Å²) in [6, 6.07) is 8.00. The van der Waals surface area contributed by atoms with Gasteiger partial charge < -0.3 is 19.2 Å². The average molecular weight is 324 g/mol. The normalized spacial score (nSPS) is 10.1. The van der Waals surface area contributed by atoms with Gasteiger partial charge in [0.15, 0.2) is 6.61 Å². The number of nitrogens with one attached hydrogen (secondary N) is 1. The predicted molar refractivity (Wildman–Crippen MR) is 78.8 cm³/mol. The summed E-state index contributed by atoms with van der Waals surface area (Å²) in [5, 5.41) is 2.94. The van der Waals surface area contributed by atoms with E-state index in [1.807, 2.05) is 0 Å². The van der Waals surface area contributed by atoms with Gasteiger partial charge in [-0.2, -0.15) is 0 Å². The van der Waals surface area contributed by atoms with E-state index in [1.54, 1.807) is 24.3 Å². The van der Waals surface area contributed by atoms with Gasteiger partial charge in [-0.1, -0.05) is 11.6 Å². The molecule has 0 bridgehead atoms. The zero-order chi connectivity index (χ0) is 15.9. The third-order valence-electron chi connectivity index (χ3n) is 2.76. The van der Waals surface area contributed by atoms with Crippen molar-refractivity contribution in [3.05, 3.63) is 52.9 Å². The molecule has 0 saturated heterocycles. The van der Waals surface area contributed by atoms with Crippen LogP contribution in [0.3, 0.4) is 0 Å².